The van der Waals surface area contributed by atoms with Crippen molar-refractivity contribution in [1.29, 1.82) is 0 Å². The van der Waals surface area contributed by atoms with E-state index in [1.165, 1.54) is 16.3 Å². The Bertz CT molecular complexity index is 819. The van der Waals surface area contributed by atoms with Crippen molar-refractivity contribution >= 4 is 23.2 Å². The van der Waals surface area contributed by atoms with Crippen LogP contribution in [0.3, 0.4) is 0 Å². The van der Waals surface area contributed by atoms with Crippen molar-refractivity contribution in [2.24, 2.45) is 0 Å². The van der Waals surface area contributed by atoms with Gasteiger partial charge in [0.05, 0.1) is 12.5 Å². The monoisotopic (exact) mass is 344 g/mol. The van der Waals surface area contributed by atoms with Crippen LogP contribution in [-0.4, -0.2) is 41.7 Å². The van der Waals surface area contributed by atoms with Crippen molar-refractivity contribution in [2.75, 3.05) is 26.7 Å². The van der Waals surface area contributed by atoms with E-state index >= 15 is 0 Å². The largest absolute Gasteiger partial charge is 0.339 e. The summed E-state index contributed by atoms with van der Waals surface area (Å²) in [6.07, 6.45) is 0.668. The molecule has 1 atom stereocenters. The van der Waals surface area contributed by atoms with E-state index in [0.717, 1.165) is 25.5 Å². The number of rotatable bonds is 3. The van der Waals surface area contributed by atoms with Crippen LogP contribution < -0.4 is 5.32 Å². The molecule has 0 saturated carbocycles. The Morgan fingerprint density at radius 3 is 2.88 bits per heavy atom. The number of benzene rings is 2. The quantitative estimate of drug-likeness (QED) is 0.791. The number of likely N-dealkylation sites (N-methyl/N-ethyl adjacent to an activating group) is 1. The lowest BCUT2D eigenvalue weighted by atomic mass is 10.1. The fourth-order valence-electron chi connectivity index (χ4n) is 3.09. The highest BCUT2D eigenvalue weighted by Gasteiger charge is 2.25. The third-order valence-corrected chi connectivity index (χ3v) is 4.46. The van der Waals surface area contributed by atoms with Crippen molar-refractivity contribution in [3.05, 3.63) is 59.7 Å². The van der Waals surface area contributed by atoms with Gasteiger partial charge < -0.3 is 9.84 Å². The van der Waals surface area contributed by atoms with Crippen LogP contribution in [0.2, 0.25) is 0 Å². The SMILES string of the molecule is CN1CCNCC1c1noc(Cc2ccc3ccccc3c2)n1.Cl. The lowest BCUT2D eigenvalue weighted by Gasteiger charge is -2.30. The van der Waals surface area contributed by atoms with Gasteiger partial charge in [-0.3, -0.25) is 4.90 Å². The smallest absolute Gasteiger partial charge is 0.231 e. The van der Waals surface area contributed by atoms with Gasteiger partial charge in [-0.05, 0) is 23.4 Å². The lowest BCUT2D eigenvalue weighted by molar-refractivity contribution is 0.190. The zero-order valence-electron chi connectivity index (χ0n) is 13.6. The average molecular weight is 345 g/mol. The summed E-state index contributed by atoms with van der Waals surface area (Å²) in [5.41, 5.74) is 1.19. The molecule has 1 aliphatic heterocycles. The highest BCUT2D eigenvalue weighted by Crippen LogP contribution is 2.20. The van der Waals surface area contributed by atoms with E-state index in [9.17, 15) is 0 Å². The number of aromatic nitrogens is 2. The Morgan fingerprint density at radius 1 is 1.21 bits per heavy atom. The van der Waals surface area contributed by atoms with E-state index in [4.69, 9.17) is 4.52 Å². The van der Waals surface area contributed by atoms with Gasteiger partial charge in [-0.15, -0.1) is 12.4 Å². The number of nitrogens with zero attached hydrogens (tertiary/aromatic N) is 3. The van der Waals surface area contributed by atoms with E-state index < -0.39 is 0 Å². The normalized spacial score (nSPS) is 18.5. The highest BCUT2D eigenvalue weighted by atomic mass is 35.5. The molecule has 5 nitrogen and oxygen atoms in total. The fourth-order valence-corrected chi connectivity index (χ4v) is 3.09. The maximum Gasteiger partial charge on any atom is 0.231 e. The first-order chi connectivity index (χ1) is 11.3. The first-order valence-corrected chi connectivity index (χ1v) is 8.01. The minimum Gasteiger partial charge on any atom is -0.339 e. The molecule has 0 radical (unpaired) electrons. The van der Waals surface area contributed by atoms with Crippen LogP contribution in [0.15, 0.2) is 47.0 Å². The third kappa shape index (κ3) is 3.43. The molecule has 0 spiro atoms. The summed E-state index contributed by atoms with van der Waals surface area (Å²) in [6.45, 7) is 2.87. The second-order valence-corrected chi connectivity index (χ2v) is 6.11. The van der Waals surface area contributed by atoms with Gasteiger partial charge in [0.2, 0.25) is 5.89 Å². The van der Waals surface area contributed by atoms with Crippen LogP contribution in [0.5, 0.6) is 0 Å². The average Bonchev–Trinajstić information content (AvgIpc) is 3.03. The summed E-state index contributed by atoms with van der Waals surface area (Å²) in [5.74, 6) is 1.45. The van der Waals surface area contributed by atoms with Crippen molar-refractivity contribution in [1.82, 2.24) is 20.4 Å². The predicted octanol–water partition coefficient (Wildman–Crippen LogP) is 2.81. The number of hydrogen-bond acceptors (Lipinski definition) is 5. The molecule has 0 aliphatic carbocycles. The summed E-state index contributed by atoms with van der Waals surface area (Å²) < 4.78 is 5.47. The molecule has 126 valence electrons. The number of nitrogens with one attached hydrogen (secondary N) is 1. The molecule has 0 bridgehead atoms. The maximum absolute atomic E-state index is 5.47. The van der Waals surface area contributed by atoms with Crippen LogP contribution >= 0.6 is 12.4 Å². The molecule has 0 amide bonds. The molecular weight excluding hydrogens is 324 g/mol. The van der Waals surface area contributed by atoms with E-state index in [2.05, 4.69) is 69.9 Å². The molecule has 1 unspecified atom stereocenters. The third-order valence-electron chi connectivity index (χ3n) is 4.46. The summed E-state index contributed by atoms with van der Waals surface area (Å²) in [7, 11) is 2.10. The van der Waals surface area contributed by atoms with Gasteiger partial charge in [0.1, 0.15) is 0 Å². The van der Waals surface area contributed by atoms with Crippen molar-refractivity contribution in [2.45, 2.75) is 12.5 Å². The standard InChI is InChI=1S/C18H20N4O.ClH/c1-22-9-8-19-12-16(22)18-20-17(23-21-18)11-13-6-7-14-4-2-3-5-15(14)10-13;/h2-7,10,16,19H,8-9,11-12H2,1H3;1H. The molecule has 1 N–H and O–H groups in total. The first-order valence-electron chi connectivity index (χ1n) is 8.01. The molecule has 4 rings (SSSR count). The van der Waals surface area contributed by atoms with Crippen molar-refractivity contribution < 1.29 is 4.52 Å². The Morgan fingerprint density at radius 2 is 2.04 bits per heavy atom. The zero-order chi connectivity index (χ0) is 15.6. The Hall–Kier alpha value is -1.95. The number of piperazine rings is 1. The highest BCUT2D eigenvalue weighted by molar-refractivity contribution is 5.85. The fraction of sp³-hybridized carbons (Fsp3) is 0.333. The van der Waals surface area contributed by atoms with Crippen molar-refractivity contribution in [3.63, 3.8) is 0 Å². The zero-order valence-corrected chi connectivity index (χ0v) is 14.4. The van der Waals surface area contributed by atoms with E-state index in [0.29, 0.717) is 12.3 Å². The Labute approximate surface area is 147 Å². The Kier molecular flexibility index (Phi) is 5.14. The van der Waals surface area contributed by atoms with Crippen LogP contribution in [0.4, 0.5) is 0 Å². The Balaban J connectivity index is 0.00000169. The summed E-state index contributed by atoms with van der Waals surface area (Å²) in [6, 6.07) is 15.0. The van der Waals surface area contributed by atoms with Gasteiger partial charge in [0.25, 0.3) is 0 Å². The van der Waals surface area contributed by atoms with Crippen LogP contribution in [0.1, 0.15) is 23.3 Å². The molecule has 24 heavy (non-hydrogen) atoms. The molecule has 1 aromatic heterocycles. The lowest BCUT2D eigenvalue weighted by Crippen LogP contribution is -2.44. The molecule has 1 aliphatic rings. The van der Waals surface area contributed by atoms with Gasteiger partial charge in [-0.1, -0.05) is 47.6 Å². The minimum atomic E-state index is 0. The summed E-state index contributed by atoms with van der Waals surface area (Å²) in [5, 5.41) is 10.0. The molecule has 1 fully saturated rings. The number of fused-ring (bicyclic) bond motifs is 1. The summed E-state index contributed by atoms with van der Waals surface area (Å²) >= 11 is 0. The molecular formula is C18H21ClN4O. The first kappa shape index (κ1) is 16.9. The number of hydrogen-bond donors (Lipinski definition) is 1. The van der Waals surface area contributed by atoms with Crippen LogP contribution in [-0.2, 0) is 6.42 Å². The van der Waals surface area contributed by atoms with E-state index in [1.54, 1.807) is 0 Å². The molecule has 6 heteroatoms. The molecule has 3 aromatic rings. The minimum absolute atomic E-state index is 0. The molecule has 2 heterocycles. The van der Waals surface area contributed by atoms with E-state index in [-0.39, 0.29) is 18.4 Å². The second-order valence-electron chi connectivity index (χ2n) is 6.11. The second kappa shape index (κ2) is 7.30. The van der Waals surface area contributed by atoms with Gasteiger partial charge in [0, 0.05) is 19.6 Å². The maximum atomic E-state index is 5.47. The molecule has 1 saturated heterocycles. The summed E-state index contributed by atoms with van der Waals surface area (Å²) in [4.78, 5) is 6.87. The topological polar surface area (TPSA) is 54.2 Å². The van der Waals surface area contributed by atoms with Gasteiger partial charge in [0.15, 0.2) is 5.82 Å². The molecule has 2 aromatic carbocycles. The van der Waals surface area contributed by atoms with Crippen LogP contribution in [0, 0.1) is 0 Å². The van der Waals surface area contributed by atoms with E-state index in [1.807, 2.05) is 0 Å². The predicted molar refractivity (Wildman–Crippen MR) is 96.5 cm³/mol. The van der Waals surface area contributed by atoms with Gasteiger partial charge >= 0.3 is 0 Å². The van der Waals surface area contributed by atoms with Crippen molar-refractivity contribution in [3.8, 4) is 0 Å². The van der Waals surface area contributed by atoms with Gasteiger partial charge in [-0.25, -0.2) is 0 Å². The van der Waals surface area contributed by atoms with Gasteiger partial charge in [-0.2, -0.15) is 4.98 Å². The number of halogens is 1. The van der Waals surface area contributed by atoms with Crippen LogP contribution in [0.25, 0.3) is 10.8 Å².